The summed E-state index contributed by atoms with van der Waals surface area (Å²) in [6, 6.07) is 7.80. The number of carbonyl (C=O) groups is 2. The molecule has 10 heteroatoms. The molecule has 2 aromatic heterocycles. The highest BCUT2D eigenvalue weighted by atomic mass is 32.1. The van der Waals surface area contributed by atoms with Crippen LogP contribution in [0, 0.1) is 13.8 Å². The molecule has 3 aromatic rings. The van der Waals surface area contributed by atoms with Gasteiger partial charge in [0.2, 0.25) is 5.91 Å². The number of ether oxygens (including phenoxy) is 1. The number of hydrogen-bond donors (Lipinski definition) is 2. The molecule has 0 bridgehead atoms. The van der Waals surface area contributed by atoms with Crippen molar-refractivity contribution >= 4 is 29.2 Å². The van der Waals surface area contributed by atoms with Gasteiger partial charge in [-0.05, 0) is 71.1 Å². The van der Waals surface area contributed by atoms with Crippen LogP contribution in [0.25, 0.3) is 0 Å². The van der Waals surface area contributed by atoms with Gasteiger partial charge in [-0.25, -0.2) is 9.78 Å². The second-order valence-electron chi connectivity index (χ2n) is 12.7. The molecule has 41 heavy (non-hydrogen) atoms. The van der Waals surface area contributed by atoms with Crippen LogP contribution in [0.4, 0.5) is 10.6 Å². The monoisotopic (exact) mass is 575 g/mol. The standard InChI is InChI=1S/C31H37N5O4S/c1-18-8-19(2)10-20(9-18)13-32-26-28(38)36-23(12-31(6-7-31)25(36)15-33-26)27(37)34-14-22-11-21-16-35(17-24(21)41-22)29(39)40-30(3,4)5/h8-11,15,23H,6-7,12-14,16-17H2,1-5H3,(H,32,33)(H,34,37)/t23-/m0/s1. The van der Waals surface area contributed by atoms with Gasteiger partial charge in [0.25, 0.3) is 5.56 Å². The van der Waals surface area contributed by atoms with E-state index in [0.29, 0.717) is 32.6 Å². The molecule has 3 aliphatic rings. The molecule has 4 heterocycles. The maximum atomic E-state index is 13.6. The fourth-order valence-electron chi connectivity index (χ4n) is 6.10. The molecule has 2 amide bonds. The van der Waals surface area contributed by atoms with Crippen molar-refractivity contribution in [3.8, 4) is 0 Å². The van der Waals surface area contributed by atoms with E-state index >= 15 is 0 Å². The van der Waals surface area contributed by atoms with Crippen molar-refractivity contribution in [2.24, 2.45) is 0 Å². The molecule has 216 valence electrons. The van der Waals surface area contributed by atoms with Crippen LogP contribution in [0.3, 0.4) is 0 Å². The van der Waals surface area contributed by atoms with Crippen LogP contribution in [-0.2, 0) is 41.1 Å². The molecule has 9 nitrogen and oxygen atoms in total. The van der Waals surface area contributed by atoms with E-state index in [-0.39, 0.29) is 28.8 Å². The highest BCUT2D eigenvalue weighted by molar-refractivity contribution is 7.12. The van der Waals surface area contributed by atoms with Gasteiger partial charge in [-0.1, -0.05) is 29.3 Å². The van der Waals surface area contributed by atoms with Crippen LogP contribution < -0.4 is 16.2 Å². The van der Waals surface area contributed by atoms with Crippen molar-refractivity contribution in [1.29, 1.82) is 0 Å². The van der Waals surface area contributed by atoms with E-state index in [2.05, 4.69) is 53.7 Å². The van der Waals surface area contributed by atoms with E-state index in [0.717, 1.165) is 39.4 Å². The number of thiophene rings is 1. The normalized spacial score (nSPS) is 18.3. The van der Waals surface area contributed by atoms with Crippen LogP contribution in [0.1, 0.15) is 83.8 Å². The predicted molar refractivity (Wildman–Crippen MR) is 158 cm³/mol. The van der Waals surface area contributed by atoms with Crippen LogP contribution >= 0.6 is 11.3 Å². The lowest BCUT2D eigenvalue weighted by Crippen LogP contribution is -2.36. The highest BCUT2D eigenvalue weighted by Gasteiger charge is 2.55. The zero-order valence-electron chi connectivity index (χ0n) is 24.3. The largest absolute Gasteiger partial charge is 0.444 e. The number of nitrogens with zero attached hydrogens (tertiary/aromatic N) is 3. The summed E-state index contributed by atoms with van der Waals surface area (Å²) in [5.41, 5.74) is 4.50. The van der Waals surface area contributed by atoms with E-state index in [1.165, 1.54) is 11.1 Å². The maximum Gasteiger partial charge on any atom is 0.410 e. The first-order valence-corrected chi connectivity index (χ1v) is 15.0. The Morgan fingerprint density at radius 2 is 1.83 bits per heavy atom. The molecule has 1 aromatic carbocycles. The molecule has 6 rings (SSSR count). The van der Waals surface area contributed by atoms with Gasteiger partial charge in [-0.2, -0.15) is 0 Å². The van der Waals surface area contributed by atoms with Gasteiger partial charge in [-0.15, -0.1) is 11.3 Å². The highest BCUT2D eigenvalue weighted by Crippen LogP contribution is 2.57. The maximum absolute atomic E-state index is 13.6. The van der Waals surface area contributed by atoms with Crippen molar-refractivity contribution in [3.63, 3.8) is 0 Å². The smallest absolute Gasteiger partial charge is 0.410 e. The van der Waals surface area contributed by atoms with Gasteiger partial charge < -0.3 is 15.4 Å². The van der Waals surface area contributed by atoms with E-state index in [1.54, 1.807) is 27.0 Å². The molecule has 1 aliphatic carbocycles. The van der Waals surface area contributed by atoms with Crippen molar-refractivity contribution in [2.45, 2.75) is 97.1 Å². The summed E-state index contributed by atoms with van der Waals surface area (Å²) >= 11 is 1.60. The second kappa shape index (κ2) is 10.0. The van der Waals surface area contributed by atoms with Crippen molar-refractivity contribution < 1.29 is 14.3 Å². The number of nitrogens with one attached hydrogen (secondary N) is 2. The van der Waals surface area contributed by atoms with E-state index in [9.17, 15) is 14.4 Å². The van der Waals surface area contributed by atoms with Gasteiger partial charge in [0, 0.05) is 33.6 Å². The van der Waals surface area contributed by atoms with Crippen LogP contribution in [0.15, 0.2) is 35.3 Å². The number of aromatic nitrogens is 2. The summed E-state index contributed by atoms with van der Waals surface area (Å²) in [4.78, 5) is 47.9. The summed E-state index contributed by atoms with van der Waals surface area (Å²) in [6.07, 6.45) is 4.04. The van der Waals surface area contributed by atoms with Crippen molar-refractivity contribution in [2.75, 3.05) is 5.32 Å². The first-order valence-electron chi connectivity index (χ1n) is 14.2. The fraction of sp³-hybridized carbons (Fsp3) is 0.484. The molecule has 0 saturated heterocycles. The lowest BCUT2D eigenvalue weighted by Gasteiger charge is -2.24. The Morgan fingerprint density at radius 3 is 2.49 bits per heavy atom. The zero-order valence-corrected chi connectivity index (χ0v) is 25.1. The minimum Gasteiger partial charge on any atom is -0.444 e. The third-order valence-corrected chi connectivity index (χ3v) is 9.23. The first kappa shape index (κ1) is 27.5. The van der Waals surface area contributed by atoms with Gasteiger partial charge >= 0.3 is 6.09 Å². The van der Waals surface area contributed by atoms with Crippen LogP contribution in [0.2, 0.25) is 0 Å². The van der Waals surface area contributed by atoms with E-state index in [4.69, 9.17) is 4.74 Å². The lowest BCUT2D eigenvalue weighted by molar-refractivity contribution is -0.124. The number of fused-ring (bicyclic) bond motifs is 3. The molecular weight excluding hydrogens is 538 g/mol. The average Bonchev–Trinajstić information content (AvgIpc) is 3.21. The Kier molecular flexibility index (Phi) is 6.71. The molecule has 0 radical (unpaired) electrons. The minimum absolute atomic E-state index is 0.115. The summed E-state index contributed by atoms with van der Waals surface area (Å²) in [5.74, 6) is 0.125. The lowest BCUT2D eigenvalue weighted by atomic mass is 9.99. The Bertz CT molecular complexity index is 1550. The van der Waals surface area contributed by atoms with Crippen LogP contribution in [-0.4, -0.2) is 32.1 Å². The molecule has 1 saturated carbocycles. The van der Waals surface area contributed by atoms with Crippen molar-refractivity contribution in [3.05, 3.63) is 78.5 Å². The average molecular weight is 576 g/mol. The summed E-state index contributed by atoms with van der Waals surface area (Å²) in [7, 11) is 0. The van der Waals surface area contributed by atoms with Gasteiger partial charge in [-0.3, -0.25) is 19.1 Å². The first-order chi connectivity index (χ1) is 19.4. The van der Waals surface area contributed by atoms with Gasteiger partial charge in [0.1, 0.15) is 11.6 Å². The molecule has 1 fully saturated rings. The molecule has 2 aliphatic heterocycles. The Morgan fingerprint density at radius 1 is 1.10 bits per heavy atom. The zero-order chi connectivity index (χ0) is 29.1. The summed E-state index contributed by atoms with van der Waals surface area (Å²) < 4.78 is 7.17. The van der Waals surface area contributed by atoms with Crippen molar-refractivity contribution in [1.82, 2.24) is 19.8 Å². The summed E-state index contributed by atoms with van der Waals surface area (Å²) in [6.45, 7) is 11.6. The SMILES string of the molecule is Cc1cc(C)cc(CNc2ncc3n(c2=O)[C@H](C(=O)NCc2cc4c(s2)CN(C(=O)OC(C)(C)C)C4)CC32CC2)c1. The molecule has 0 unspecified atom stereocenters. The molecule has 2 N–H and O–H groups in total. The topological polar surface area (TPSA) is 106 Å². The summed E-state index contributed by atoms with van der Waals surface area (Å²) in [5, 5.41) is 6.30. The molecule has 1 atom stereocenters. The van der Waals surface area contributed by atoms with E-state index in [1.807, 2.05) is 20.8 Å². The number of benzene rings is 1. The molecular formula is C31H37N5O4S. The van der Waals surface area contributed by atoms with Gasteiger partial charge in [0.15, 0.2) is 5.82 Å². The second-order valence-corrected chi connectivity index (χ2v) is 14.0. The quantitative estimate of drug-likeness (QED) is 0.425. The number of rotatable bonds is 6. The fourth-order valence-corrected chi connectivity index (χ4v) is 7.24. The Balaban J connectivity index is 1.12. The number of amides is 2. The predicted octanol–water partition coefficient (Wildman–Crippen LogP) is 5.08. The number of hydrogen-bond acceptors (Lipinski definition) is 7. The Labute approximate surface area is 243 Å². The number of anilines is 1. The minimum atomic E-state index is -0.556. The Hall–Kier alpha value is -3.66. The van der Waals surface area contributed by atoms with Gasteiger partial charge in [0.05, 0.1) is 19.6 Å². The van der Waals surface area contributed by atoms with E-state index < -0.39 is 11.6 Å². The third-order valence-electron chi connectivity index (χ3n) is 8.07. The molecule has 1 spiro atoms. The number of aryl methyl sites for hydroxylation is 2. The number of carbonyl (C=O) groups excluding carboxylic acids is 2. The third kappa shape index (κ3) is 5.49. The van der Waals surface area contributed by atoms with Crippen LogP contribution in [0.5, 0.6) is 0 Å².